The lowest BCUT2D eigenvalue weighted by Gasteiger charge is -2.23. The fraction of sp³-hybridized carbons (Fsp3) is 0.529. The van der Waals surface area contributed by atoms with E-state index >= 15 is 0 Å². The first-order valence-electron chi connectivity index (χ1n) is 8.22. The molecule has 1 aromatic carbocycles. The van der Waals surface area contributed by atoms with Gasteiger partial charge in [0, 0.05) is 23.8 Å². The fourth-order valence-electron chi connectivity index (χ4n) is 3.23. The lowest BCUT2D eigenvalue weighted by atomic mass is 10.1. The van der Waals surface area contributed by atoms with Gasteiger partial charge in [0.1, 0.15) is 0 Å². The van der Waals surface area contributed by atoms with Gasteiger partial charge >= 0.3 is 0 Å². The van der Waals surface area contributed by atoms with Crippen molar-refractivity contribution >= 4 is 38.9 Å². The minimum absolute atomic E-state index is 0.0144. The molecule has 1 heterocycles. The van der Waals surface area contributed by atoms with Crippen molar-refractivity contribution in [2.75, 3.05) is 23.9 Å². The third-order valence-electron chi connectivity index (χ3n) is 5.01. The van der Waals surface area contributed by atoms with E-state index in [0.29, 0.717) is 23.6 Å². The minimum Gasteiger partial charge on any atom is -0.341 e. The average molecular weight is 385 g/mol. The molecule has 25 heavy (non-hydrogen) atoms. The highest BCUT2D eigenvalue weighted by Crippen LogP contribution is 2.41. The molecule has 1 saturated carbocycles. The molecule has 2 amide bonds. The number of sulfone groups is 1. The van der Waals surface area contributed by atoms with Crippen molar-refractivity contribution in [3.8, 4) is 0 Å². The van der Waals surface area contributed by atoms with Gasteiger partial charge in [-0.15, -0.1) is 0 Å². The second-order valence-electron chi connectivity index (χ2n) is 6.90. The summed E-state index contributed by atoms with van der Waals surface area (Å²) in [5.41, 5.74) is 1.54. The zero-order chi connectivity index (χ0) is 18.4. The number of halogens is 1. The summed E-state index contributed by atoms with van der Waals surface area (Å²) in [6.45, 7) is 1.87. The van der Waals surface area contributed by atoms with Crippen LogP contribution in [-0.4, -0.2) is 49.7 Å². The van der Waals surface area contributed by atoms with Crippen LogP contribution in [0.4, 0.5) is 5.69 Å². The Bertz CT molecular complexity index is 824. The molecule has 136 valence electrons. The molecule has 6 nitrogen and oxygen atoms in total. The van der Waals surface area contributed by atoms with E-state index in [1.807, 2.05) is 13.0 Å². The topological polar surface area (TPSA) is 83.6 Å². The van der Waals surface area contributed by atoms with E-state index < -0.39 is 9.84 Å². The third-order valence-corrected chi connectivity index (χ3v) is 6.99. The fourth-order valence-corrected chi connectivity index (χ4v) is 5.18. The Morgan fingerprint density at radius 2 is 2.00 bits per heavy atom. The summed E-state index contributed by atoms with van der Waals surface area (Å²) < 4.78 is 23.2. The lowest BCUT2D eigenvalue weighted by molar-refractivity contribution is -0.134. The van der Waals surface area contributed by atoms with Gasteiger partial charge in [0.2, 0.25) is 11.8 Å². The molecule has 0 aromatic heterocycles. The molecule has 3 unspecified atom stereocenters. The van der Waals surface area contributed by atoms with E-state index in [0.717, 1.165) is 5.56 Å². The van der Waals surface area contributed by atoms with Crippen LogP contribution in [0.25, 0.3) is 0 Å². The number of hydrogen-bond donors (Lipinski definition) is 1. The highest BCUT2D eigenvalue weighted by molar-refractivity contribution is 7.91. The van der Waals surface area contributed by atoms with Crippen LogP contribution in [0.15, 0.2) is 18.2 Å². The van der Waals surface area contributed by atoms with Crippen molar-refractivity contribution in [2.24, 2.45) is 11.8 Å². The Hall–Kier alpha value is -1.60. The predicted molar refractivity (Wildman–Crippen MR) is 96.2 cm³/mol. The number of aryl methyl sites for hydroxylation is 1. The summed E-state index contributed by atoms with van der Waals surface area (Å²) in [7, 11) is -1.42. The Morgan fingerprint density at radius 3 is 2.64 bits per heavy atom. The summed E-state index contributed by atoms with van der Waals surface area (Å²) in [6.07, 6.45) is 0.962. The van der Waals surface area contributed by atoms with Gasteiger partial charge in [-0.2, -0.15) is 0 Å². The zero-order valence-corrected chi connectivity index (χ0v) is 15.7. The van der Waals surface area contributed by atoms with E-state index in [-0.39, 0.29) is 41.2 Å². The quantitative estimate of drug-likeness (QED) is 0.858. The molecule has 0 radical (unpaired) electrons. The van der Waals surface area contributed by atoms with Crippen molar-refractivity contribution in [2.45, 2.75) is 25.8 Å². The summed E-state index contributed by atoms with van der Waals surface area (Å²) in [5.74, 6) is -0.946. The molecule has 8 heteroatoms. The number of nitrogens with one attached hydrogen (secondary N) is 1. The number of nitrogens with zero attached hydrogens (tertiary/aromatic N) is 1. The second-order valence-corrected chi connectivity index (χ2v) is 9.57. The summed E-state index contributed by atoms with van der Waals surface area (Å²) in [4.78, 5) is 26.4. The zero-order valence-electron chi connectivity index (χ0n) is 14.2. The van der Waals surface area contributed by atoms with Gasteiger partial charge in [0.05, 0.1) is 23.3 Å². The summed E-state index contributed by atoms with van der Waals surface area (Å²) in [5, 5.41) is 3.36. The van der Waals surface area contributed by atoms with Crippen molar-refractivity contribution in [1.29, 1.82) is 0 Å². The first kappa shape index (κ1) is 18.2. The van der Waals surface area contributed by atoms with E-state index in [9.17, 15) is 18.0 Å². The molecule has 3 atom stereocenters. The molecule has 1 aliphatic carbocycles. The normalized spacial score (nSPS) is 26.9. The molecule has 2 fully saturated rings. The number of anilines is 1. The first-order valence-corrected chi connectivity index (χ1v) is 10.4. The molecule has 1 aromatic rings. The van der Waals surface area contributed by atoms with Crippen LogP contribution in [0, 0.1) is 18.8 Å². The summed E-state index contributed by atoms with van der Waals surface area (Å²) in [6, 6.07) is 4.98. The Balaban J connectivity index is 1.59. The Morgan fingerprint density at radius 1 is 1.28 bits per heavy atom. The molecule has 1 aliphatic heterocycles. The molecule has 0 spiro atoms. The predicted octanol–water partition coefficient (Wildman–Crippen LogP) is 1.87. The minimum atomic E-state index is -3.04. The molecule has 1 N–H and O–H groups in total. The second kappa shape index (κ2) is 6.61. The maximum Gasteiger partial charge on any atom is 0.228 e. The van der Waals surface area contributed by atoms with Gasteiger partial charge in [-0.05, 0) is 37.5 Å². The largest absolute Gasteiger partial charge is 0.341 e. The standard InChI is InChI=1S/C17H21ClN2O4S/c1-10-3-4-11(18)7-15(10)19-16(21)13-8-14(13)17(22)20(2)12-5-6-25(23,24)9-12/h3-4,7,12-14H,5-6,8-9H2,1-2H3,(H,19,21). The maximum absolute atomic E-state index is 12.5. The number of amides is 2. The van der Waals surface area contributed by atoms with E-state index in [1.54, 1.807) is 19.2 Å². The van der Waals surface area contributed by atoms with Crippen molar-refractivity contribution in [1.82, 2.24) is 4.90 Å². The number of carbonyl (C=O) groups excluding carboxylic acids is 2. The highest BCUT2D eigenvalue weighted by Gasteiger charge is 2.50. The average Bonchev–Trinajstić information content (AvgIpc) is 3.26. The van der Waals surface area contributed by atoms with Crippen molar-refractivity contribution < 1.29 is 18.0 Å². The molecule has 1 saturated heterocycles. The number of hydrogen-bond acceptors (Lipinski definition) is 4. The van der Waals surface area contributed by atoms with Gasteiger partial charge in [-0.1, -0.05) is 17.7 Å². The van der Waals surface area contributed by atoms with Crippen LogP contribution in [0.2, 0.25) is 5.02 Å². The van der Waals surface area contributed by atoms with E-state index in [1.165, 1.54) is 4.90 Å². The third kappa shape index (κ3) is 3.98. The molecular weight excluding hydrogens is 364 g/mol. The SMILES string of the molecule is Cc1ccc(Cl)cc1NC(=O)C1CC1C(=O)N(C)C1CCS(=O)(=O)C1. The molecule has 3 rings (SSSR count). The summed E-state index contributed by atoms with van der Waals surface area (Å²) >= 11 is 5.95. The smallest absolute Gasteiger partial charge is 0.228 e. The monoisotopic (exact) mass is 384 g/mol. The van der Waals surface area contributed by atoms with Gasteiger partial charge in [-0.3, -0.25) is 9.59 Å². The Labute approximate surface area is 152 Å². The van der Waals surface area contributed by atoms with Crippen LogP contribution < -0.4 is 5.32 Å². The molecule has 2 aliphatic rings. The van der Waals surface area contributed by atoms with Gasteiger partial charge in [-0.25, -0.2) is 8.42 Å². The number of rotatable bonds is 4. The van der Waals surface area contributed by atoms with Crippen LogP contribution in [0.1, 0.15) is 18.4 Å². The van der Waals surface area contributed by atoms with E-state index in [2.05, 4.69) is 5.32 Å². The Kier molecular flexibility index (Phi) is 4.81. The lowest BCUT2D eigenvalue weighted by Crippen LogP contribution is -2.39. The molecular formula is C17H21ClN2O4S. The number of carbonyl (C=O) groups is 2. The van der Waals surface area contributed by atoms with Crippen LogP contribution in [0.5, 0.6) is 0 Å². The first-order chi connectivity index (χ1) is 11.7. The highest BCUT2D eigenvalue weighted by atomic mass is 35.5. The van der Waals surface area contributed by atoms with Crippen LogP contribution in [0.3, 0.4) is 0 Å². The van der Waals surface area contributed by atoms with Crippen molar-refractivity contribution in [3.63, 3.8) is 0 Å². The van der Waals surface area contributed by atoms with Crippen LogP contribution in [-0.2, 0) is 19.4 Å². The van der Waals surface area contributed by atoms with E-state index in [4.69, 9.17) is 11.6 Å². The number of benzene rings is 1. The van der Waals surface area contributed by atoms with Gasteiger partial charge < -0.3 is 10.2 Å². The van der Waals surface area contributed by atoms with Gasteiger partial charge in [0.15, 0.2) is 9.84 Å². The van der Waals surface area contributed by atoms with Crippen LogP contribution >= 0.6 is 11.6 Å². The van der Waals surface area contributed by atoms with Crippen molar-refractivity contribution in [3.05, 3.63) is 28.8 Å². The molecule has 0 bridgehead atoms. The van der Waals surface area contributed by atoms with Gasteiger partial charge in [0.25, 0.3) is 0 Å². The maximum atomic E-state index is 12.5.